The Labute approximate surface area is 200 Å². The number of carbonyl (C=O) groups is 2. The van der Waals surface area contributed by atoms with Crippen molar-refractivity contribution >= 4 is 29.0 Å². The number of amides is 2. The van der Waals surface area contributed by atoms with Crippen molar-refractivity contribution in [1.82, 2.24) is 14.8 Å². The van der Waals surface area contributed by atoms with Gasteiger partial charge in [-0.25, -0.2) is 9.37 Å². The predicted molar refractivity (Wildman–Crippen MR) is 126 cm³/mol. The van der Waals surface area contributed by atoms with Crippen molar-refractivity contribution in [1.29, 1.82) is 0 Å². The third kappa shape index (κ3) is 4.67. The molecule has 4 N–H and O–H groups in total. The van der Waals surface area contributed by atoms with E-state index in [9.17, 15) is 14.0 Å². The zero-order valence-electron chi connectivity index (χ0n) is 19.0. The van der Waals surface area contributed by atoms with Gasteiger partial charge in [-0.05, 0) is 18.9 Å². The number of nitrogens with one attached hydrogen (secondary N) is 2. The number of rotatable bonds is 8. The van der Waals surface area contributed by atoms with Crippen LogP contribution < -0.4 is 21.1 Å². The van der Waals surface area contributed by atoms with E-state index in [0.29, 0.717) is 22.9 Å². The van der Waals surface area contributed by atoms with Gasteiger partial charge in [-0.2, -0.15) is 5.10 Å². The topological polar surface area (TPSA) is 133 Å². The molecule has 1 aliphatic heterocycles. The van der Waals surface area contributed by atoms with Crippen LogP contribution in [-0.4, -0.2) is 53.1 Å². The van der Waals surface area contributed by atoms with Gasteiger partial charge in [0.2, 0.25) is 5.91 Å². The Kier molecular flexibility index (Phi) is 6.08. The number of anilines is 3. The third-order valence-electron chi connectivity index (χ3n) is 6.09. The van der Waals surface area contributed by atoms with E-state index in [1.54, 1.807) is 29.2 Å². The number of methoxy groups -OCH3 is 1. The highest BCUT2D eigenvalue weighted by Crippen LogP contribution is 2.39. The van der Waals surface area contributed by atoms with E-state index in [0.717, 1.165) is 24.0 Å². The standard InChI is InChI=1S/C24H25FN6O4/c1-34-22-15(14-8-28-31(10-14)20-12-35-11-17(20)25)3-2-4-18(22)29-19-7-21(27-9-16(19)23(26)32)30-24(33)13-5-6-13/h2-4,7-10,13,17,20H,5-6,11-12H2,1H3,(H2,26,32)(H2,27,29,30,33)/t17-,20+/m1/s1. The van der Waals surface area contributed by atoms with Crippen molar-refractivity contribution in [2.45, 2.75) is 25.1 Å². The summed E-state index contributed by atoms with van der Waals surface area (Å²) in [5.74, 6) is 0.0314. The second-order valence-corrected chi connectivity index (χ2v) is 8.58. The van der Waals surface area contributed by atoms with E-state index in [4.69, 9.17) is 15.2 Å². The van der Waals surface area contributed by atoms with Crippen LogP contribution in [0.4, 0.5) is 21.6 Å². The van der Waals surface area contributed by atoms with Gasteiger partial charge in [0.1, 0.15) is 23.8 Å². The number of para-hydroxylation sites is 1. The fraction of sp³-hybridized carbons (Fsp3) is 0.333. The van der Waals surface area contributed by atoms with Crippen molar-refractivity contribution in [2.75, 3.05) is 31.0 Å². The summed E-state index contributed by atoms with van der Waals surface area (Å²) in [5.41, 5.74) is 8.08. The number of benzene rings is 1. The zero-order valence-corrected chi connectivity index (χ0v) is 19.0. The molecule has 0 unspecified atom stereocenters. The molecule has 2 amide bonds. The van der Waals surface area contributed by atoms with Crippen LogP contribution in [0.5, 0.6) is 5.75 Å². The van der Waals surface area contributed by atoms with Gasteiger partial charge < -0.3 is 25.8 Å². The number of halogens is 1. The van der Waals surface area contributed by atoms with E-state index in [1.165, 1.54) is 13.3 Å². The Morgan fingerprint density at radius 3 is 2.74 bits per heavy atom. The molecule has 0 bridgehead atoms. The van der Waals surface area contributed by atoms with Crippen LogP contribution in [0.15, 0.2) is 42.9 Å². The minimum atomic E-state index is -1.12. The molecule has 5 rings (SSSR count). The lowest BCUT2D eigenvalue weighted by atomic mass is 10.1. The zero-order chi connectivity index (χ0) is 24.5. The average Bonchev–Trinajstić information content (AvgIpc) is 3.44. The summed E-state index contributed by atoms with van der Waals surface area (Å²) in [6, 6.07) is 6.53. The minimum absolute atomic E-state index is 0.00480. The van der Waals surface area contributed by atoms with Crippen LogP contribution in [0.25, 0.3) is 11.1 Å². The lowest BCUT2D eigenvalue weighted by Gasteiger charge is -2.17. The first kappa shape index (κ1) is 22.8. The second kappa shape index (κ2) is 9.34. The molecule has 1 saturated carbocycles. The number of carbonyl (C=O) groups excluding carboxylic acids is 2. The monoisotopic (exact) mass is 480 g/mol. The van der Waals surface area contributed by atoms with Crippen LogP contribution in [0.2, 0.25) is 0 Å². The molecule has 1 aromatic carbocycles. The van der Waals surface area contributed by atoms with E-state index in [1.807, 2.05) is 12.1 Å². The van der Waals surface area contributed by atoms with Crippen LogP contribution in [0.1, 0.15) is 29.2 Å². The number of nitrogens with two attached hydrogens (primary N) is 1. The predicted octanol–water partition coefficient (Wildman–Crippen LogP) is 3.05. The number of primary amides is 1. The number of pyridine rings is 1. The van der Waals surface area contributed by atoms with E-state index in [-0.39, 0.29) is 30.6 Å². The summed E-state index contributed by atoms with van der Waals surface area (Å²) in [6.45, 7) is 0.318. The molecule has 0 spiro atoms. The van der Waals surface area contributed by atoms with Gasteiger partial charge in [0.25, 0.3) is 5.91 Å². The quantitative estimate of drug-likeness (QED) is 0.451. The lowest BCUT2D eigenvalue weighted by molar-refractivity contribution is -0.117. The van der Waals surface area contributed by atoms with E-state index >= 15 is 0 Å². The first-order chi connectivity index (χ1) is 16.9. The third-order valence-corrected chi connectivity index (χ3v) is 6.09. The lowest BCUT2D eigenvalue weighted by Crippen LogP contribution is -2.18. The molecule has 3 aromatic rings. The maximum atomic E-state index is 14.1. The summed E-state index contributed by atoms with van der Waals surface area (Å²) >= 11 is 0. The van der Waals surface area contributed by atoms with Crippen molar-refractivity contribution in [2.24, 2.45) is 11.7 Å². The van der Waals surface area contributed by atoms with Crippen molar-refractivity contribution in [3.05, 3.63) is 48.4 Å². The van der Waals surface area contributed by atoms with Crippen LogP contribution in [-0.2, 0) is 9.53 Å². The molecule has 11 heteroatoms. The number of hydrogen-bond acceptors (Lipinski definition) is 7. The summed E-state index contributed by atoms with van der Waals surface area (Å²) < 4.78 is 26.6. The van der Waals surface area contributed by atoms with E-state index in [2.05, 4.69) is 20.7 Å². The summed E-state index contributed by atoms with van der Waals surface area (Å²) in [6.07, 6.45) is 5.31. The fourth-order valence-corrected chi connectivity index (χ4v) is 4.04. The average molecular weight is 481 g/mol. The molecule has 1 saturated heterocycles. The maximum absolute atomic E-state index is 14.1. The summed E-state index contributed by atoms with van der Waals surface area (Å²) in [4.78, 5) is 28.3. The number of hydrogen-bond donors (Lipinski definition) is 3. The van der Waals surface area contributed by atoms with Gasteiger partial charge in [0, 0.05) is 35.5 Å². The number of nitrogens with zero attached hydrogens (tertiary/aromatic N) is 3. The van der Waals surface area contributed by atoms with Crippen molar-refractivity contribution in [3.8, 4) is 16.9 Å². The molecule has 3 heterocycles. The van der Waals surface area contributed by atoms with Gasteiger partial charge in [0.05, 0.1) is 43.5 Å². The summed E-state index contributed by atoms with van der Waals surface area (Å²) in [7, 11) is 1.53. The molecular formula is C24H25FN6O4. The SMILES string of the molecule is COc1c(Nc2cc(NC(=O)C3CC3)ncc2C(N)=O)cccc1-c1cnn([C@H]2COC[C@H]2F)c1. The van der Waals surface area contributed by atoms with Crippen molar-refractivity contribution < 1.29 is 23.5 Å². The molecule has 2 fully saturated rings. The van der Waals surface area contributed by atoms with Crippen LogP contribution in [0.3, 0.4) is 0 Å². The Hall–Kier alpha value is -3.99. The molecule has 10 nitrogen and oxygen atoms in total. The van der Waals surface area contributed by atoms with E-state index < -0.39 is 18.1 Å². The molecule has 35 heavy (non-hydrogen) atoms. The number of ether oxygens (including phenoxy) is 2. The van der Waals surface area contributed by atoms with Gasteiger partial charge in [-0.1, -0.05) is 12.1 Å². The highest BCUT2D eigenvalue weighted by atomic mass is 19.1. The molecular weight excluding hydrogens is 455 g/mol. The van der Waals surface area contributed by atoms with Crippen LogP contribution in [0, 0.1) is 5.92 Å². The van der Waals surface area contributed by atoms with Crippen molar-refractivity contribution in [3.63, 3.8) is 0 Å². The number of aromatic nitrogens is 3. The molecule has 2 aromatic heterocycles. The first-order valence-electron chi connectivity index (χ1n) is 11.3. The Bertz CT molecular complexity index is 1270. The molecule has 1 aliphatic carbocycles. The largest absolute Gasteiger partial charge is 0.494 e. The molecule has 0 radical (unpaired) electrons. The smallest absolute Gasteiger partial charge is 0.252 e. The Balaban J connectivity index is 1.46. The molecule has 2 atom stereocenters. The molecule has 2 aliphatic rings. The normalized spacial score (nSPS) is 19.4. The Morgan fingerprint density at radius 2 is 2.06 bits per heavy atom. The maximum Gasteiger partial charge on any atom is 0.252 e. The Morgan fingerprint density at radius 1 is 1.23 bits per heavy atom. The van der Waals surface area contributed by atoms with Crippen LogP contribution >= 0.6 is 0 Å². The highest BCUT2D eigenvalue weighted by Gasteiger charge is 2.31. The first-order valence-corrected chi connectivity index (χ1v) is 11.3. The van der Waals surface area contributed by atoms with Gasteiger partial charge in [-0.15, -0.1) is 0 Å². The second-order valence-electron chi connectivity index (χ2n) is 8.58. The van der Waals surface area contributed by atoms with Gasteiger partial charge in [0.15, 0.2) is 0 Å². The minimum Gasteiger partial charge on any atom is -0.494 e. The fourth-order valence-electron chi connectivity index (χ4n) is 4.04. The summed E-state index contributed by atoms with van der Waals surface area (Å²) in [5, 5.41) is 10.3. The van der Waals surface area contributed by atoms with Gasteiger partial charge >= 0.3 is 0 Å². The molecule has 182 valence electrons. The number of alkyl halides is 1. The van der Waals surface area contributed by atoms with Gasteiger partial charge in [-0.3, -0.25) is 14.3 Å². The highest BCUT2D eigenvalue weighted by molar-refractivity contribution is 6.01.